The molecule has 0 bridgehead atoms. The van der Waals surface area contributed by atoms with Crippen LogP contribution < -0.4 is 9.64 Å². The maximum Gasteiger partial charge on any atom is 0.159 e. The van der Waals surface area contributed by atoms with E-state index in [0.717, 1.165) is 89.1 Å². The number of benzene rings is 8. The number of aryl methyl sites for hydroxylation is 1. The molecule has 0 amide bonds. The lowest BCUT2D eigenvalue weighted by atomic mass is 9.66. The predicted octanol–water partition coefficient (Wildman–Crippen LogP) is 13.7. The van der Waals surface area contributed by atoms with Crippen LogP contribution in [0.5, 0.6) is 11.5 Å². The van der Waals surface area contributed by atoms with Gasteiger partial charge >= 0.3 is 0 Å². The van der Waals surface area contributed by atoms with Crippen molar-refractivity contribution in [1.29, 1.82) is 0 Å². The molecule has 2 aliphatic rings. The number of hydrogen-bond acceptors (Lipinski definition) is 4. The van der Waals surface area contributed by atoms with E-state index in [-0.39, 0.29) is 0 Å². The Labute approximate surface area is 311 Å². The van der Waals surface area contributed by atoms with Gasteiger partial charge in [-0.2, -0.15) is 0 Å². The number of hydrogen-bond donors (Lipinski definition) is 0. The fraction of sp³-hybridized carbons (Fsp3) is 0.0400. The Morgan fingerprint density at radius 3 is 1.96 bits per heavy atom. The first-order valence-corrected chi connectivity index (χ1v) is 18.4. The van der Waals surface area contributed by atoms with E-state index in [0.29, 0.717) is 0 Å². The van der Waals surface area contributed by atoms with Gasteiger partial charge in [-0.25, -0.2) is 0 Å². The Hall–Kier alpha value is -7.04. The lowest BCUT2D eigenvalue weighted by Gasteiger charge is -2.39. The molecule has 0 N–H and O–H groups in total. The number of furan rings is 2. The molecule has 4 heteroatoms. The van der Waals surface area contributed by atoms with Gasteiger partial charge in [0.05, 0.1) is 11.1 Å². The number of rotatable bonds is 3. The van der Waals surface area contributed by atoms with Gasteiger partial charge in [0.1, 0.15) is 28.2 Å². The normalized spacial score (nSPS) is 15.4. The molecule has 4 nitrogen and oxygen atoms in total. The summed E-state index contributed by atoms with van der Waals surface area (Å²) >= 11 is 0. The third-order valence-electron chi connectivity index (χ3n) is 11.7. The van der Waals surface area contributed by atoms with Gasteiger partial charge in [0.2, 0.25) is 0 Å². The molecule has 1 atom stereocenters. The van der Waals surface area contributed by atoms with Crippen LogP contribution in [0.4, 0.5) is 17.1 Å². The first-order valence-electron chi connectivity index (χ1n) is 18.4. The van der Waals surface area contributed by atoms with Crippen molar-refractivity contribution in [2.75, 3.05) is 4.90 Å². The second-order valence-electron chi connectivity index (χ2n) is 14.4. The molecule has 8 aromatic carbocycles. The number of nitrogens with zero attached hydrogens (tertiary/aromatic N) is 1. The predicted molar refractivity (Wildman–Crippen MR) is 218 cm³/mol. The van der Waals surface area contributed by atoms with E-state index < -0.39 is 5.41 Å². The van der Waals surface area contributed by atoms with Gasteiger partial charge in [0, 0.05) is 44.0 Å². The summed E-state index contributed by atoms with van der Waals surface area (Å²) in [5.74, 6) is 1.69. The zero-order valence-corrected chi connectivity index (χ0v) is 29.3. The highest BCUT2D eigenvalue weighted by Crippen LogP contribution is 2.63. The fourth-order valence-electron chi connectivity index (χ4n) is 9.38. The van der Waals surface area contributed by atoms with Crippen LogP contribution in [0.3, 0.4) is 0 Å². The highest BCUT2D eigenvalue weighted by Gasteiger charge is 2.51. The van der Waals surface area contributed by atoms with Gasteiger partial charge in [-0.1, -0.05) is 115 Å². The first kappa shape index (κ1) is 29.5. The van der Waals surface area contributed by atoms with Crippen molar-refractivity contribution in [2.24, 2.45) is 0 Å². The molecule has 10 aromatic rings. The van der Waals surface area contributed by atoms with E-state index >= 15 is 0 Å². The van der Waals surface area contributed by atoms with Crippen molar-refractivity contribution in [3.05, 3.63) is 198 Å². The van der Waals surface area contributed by atoms with Gasteiger partial charge in [-0.05, 0) is 89.3 Å². The summed E-state index contributed by atoms with van der Waals surface area (Å²) in [6, 6.07) is 60.3. The lowest BCUT2D eigenvalue weighted by Crippen LogP contribution is -2.32. The van der Waals surface area contributed by atoms with E-state index in [2.05, 4.69) is 157 Å². The lowest BCUT2D eigenvalue weighted by molar-refractivity contribution is 0.437. The molecule has 2 aromatic heterocycles. The molecule has 0 saturated heterocycles. The van der Waals surface area contributed by atoms with Crippen molar-refractivity contribution < 1.29 is 13.6 Å². The van der Waals surface area contributed by atoms with Crippen molar-refractivity contribution in [3.8, 4) is 22.6 Å². The largest absolute Gasteiger partial charge is 0.457 e. The average Bonchev–Trinajstić information content (AvgIpc) is 3.87. The van der Waals surface area contributed by atoms with Crippen molar-refractivity contribution in [1.82, 2.24) is 0 Å². The molecule has 12 rings (SSSR count). The molecule has 0 radical (unpaired) electrons. The van der Waals surface area contributed by atoms with Crippen LogP contribution in [-0.2, 0) is 5.41 Å². The molecule has 1 aliphatic carbocycles. The van der Waals surface area contributed by atoms with Gasteiger partial charge in [0.25, 0.3) is 0 Å². The van der Waals surface area contributed by atoms with Crippen LogP contribution in [0.2, 0.25) is 0 Å². The number of ether oxygens (including phenoxy) is 1. The molecule has 1 unspecified atom stereocenters. The van der Waals surface area contributed by atoms with Crippen LogP contribution in [0.25, 0.3) is 55.0 Å². The van der Waals surface area contributed by atoms with Crippen molar-refractivity contribution in [3.63, 3.8) is 0 Å². The van der Waals surface area contributed by atoms with E-state index in [1.54, 1.807) is 0 Å². The van der Waals surface area contributed by atoms with Gasteiger partial charge in [-0.15, -0.1) is 0 Å². The molecule has 1 spiro atoms. The minimum Gasteiger partial charge on any atom is -0.457 e. The summed E-state index contributed by atoms with van der Waals surface area (Å²) in [4.78, 5) is 2.37. The molecular weight excluding hydrogens is 663 g/mol. The third-order valence-corrected chi connectivity index (χ3v) is 11.7. The molecule has 3 heterocycles. The Morgan fingerprint density at radius 2 is 1.09 bits per heavy atom. The quantitative estimate of drug-likeness (QED) is 0.185. The zero-order valence-electron chi connectivity index (χ0n) is 29.3. The molecule has 254 valence electrons. The second kappa shape index (κ2) is 10.8. The Balaban J connectivity index is 1.18. The molecule has 0 saturated carbocycles. The molecule has 1 aliphatic heterocycles. The Bertz CT molecular complexity index is 3180. The summed E-state index contributed by atoms with van der Waals surface area (Å²) < 4.78 is 20.1. The van der Waals surface area contributed by atoms with Gasteiger partial charge in [-0.3, -0.25) is 0 Å². The Kier molecular flexibility index (Phi) is 5.88. The van der Waals surface area contributed by atoms with Crippen molar-refractivity contribution >= 4 is 60.9 Å². The molecule has 54 heavy (non-hydrogen) atoms. The van der Waals surface area contributed by atoms with Crippen LogP contribution in [0, 0.1) is 6.92 Å². The summed E-state index contributed by atoms with van der Waals surface area (Å²) in [6.07, 6.45) is 0. The van der Waals surface area contributed by atoms with E-state index in [1.807, 2.05) is 24.3 Å². The summed E-state index contributed by atoms with van der Waals surface area (Å²) in [5.41, 5.74) is 14.1. The average molecular weight is 694 g/mol. The summed E-state index contributed by atoms with van der Waals surface area (Å²) in [6.45, 7) is 2.18. The third kappa shape index (κ3) is 3.81. The summed E-state index contributed by atoms with van der Waals surface area (Å²) in [5, 5.41) is 4.32. The number of para-hydroxylation sites is 5. The van der Waals surface area contributed by atoms with E-state index in [1.165, 1.54) is 22.3 Å². The van der Waals surface area contributed by atoms with E-state index in [9.17, 15) is 0 Å². The van der Waals surface area contributed by atoms with Crippen LogP contribution in [0.1, 0.15) is 27.8 Å². The fourth-order valence-corrected chi connectivity index (χ4v) is 9.38. The topological polar surface area (TPSA) is 38.8 Å². The standard InChI is InChI=1S/C50H31NO3/c1-30-13-2-8-20-42(30)51(43-21-12-17-36-34-15-4-10-23-45(34)54-49(36)43)31-25-26-33-32-14-3-6-18-38(32)50(40(33)27-31)39-19-7-11-24-46(39)53-48-28-37-35-16-5-9-22-44(35)52-47(37)29-41(48)50/h2-29H,1H3. The molecule has 0 fully saturated rings. The monoisotopic (exact) mass is 693 g/mol. The second-order valence-corrected chi connectivity index (χ2v) is 14.4. The number of fused-ring (bicyclic) bond motifs is 15. The number of anilines is 3. The van der Waals surface area contributed by atoms with Crippen LogP contribution >= 0.6 is 0 Å². The maximum atomic E-state index is 6.87. The van der Waals surface area contributed by atoms with Gasteiger partial charge in [0.15, 0.2) is 5.58 Å². The summed E-state index contributed by atoms with van der Waals surface area (Å²) in [7, 11) is 0. The molecular formula is C50H31NO3. The van der Waals surface area contributed by atoms with Crippen LogP contribution in [0.15, 0.2) is 179 Å². The minimum absolute atomic E-state index is 0.679. The van der Waals surface area contributed by atoms with Crippen LogP contribution in [-0.4, -0.2) is 0 Å². The minimum atomic E-state index is -0.679. The smallest absolute Gasteiger partial charge is 0.159 e. The SMILES string of the molecule is Cc1ccccc1N(c1ccc2c(c1)C1(c3ccccc3Oc3cc4c(cc31)oc1ccccc14)c1ccccc1-2)c1cccc2c1oc1ccccc12. The van der Waals surface area contributed by atoms with Crippen molar-refractivity contribution in [2.45, 2.75) is 12.3 Å². The first-order chi connectivity index (χ1) is 26.7. The Morgan fingerprint density at radius 1 is 0.426 bits per heavy atom. The highest BCUT2D eigenvalue weighted by atomic mass is 16.5. The maximum absolute atomic E-state index is 6.87. The van der Waals surface area contributed by atoms with Gasteiger partial charge < -0.3 is 18.5 Å². The zero-order chi connectivity index (χ0) is 35.5. The van der Waals surface area contributed by atoms with E-state index in [4.69, 9.17) is 13.6 Å². The highest BCUT2D eigenvalue weighted by molar-refractivity contribution is 6.11.